The van der Waals surface area contributed by atoms with Gasteiger partial charge in [0.1, 0.15) is 11.6 Å². The van der Waals surface area contributed by atoms with Crippen molar-refractivity contribution in [2.75, 3.05) is 19.0 Å². The maximum absolute atomic E-state index is 12.9. The third-order valence-corrected chi connectivity index (χ3v) is 5.01. The van der Waals surface area contributed by atoms with E-state index in [0.29, 0.717) is 39.3 Å². The first-order chi connectivity index (χ1) is 14.6. The van der Waals surface area contributed by atoms with Crippen LogP contribution in [0.4, 0.5) is 5.69 Å². The Hall–Kier alpha value is -3.26. The first kappa shape index (κ1) is 26.8. The van der Waals surface area contributed by atoms with E-state index in [4.69, 9.17) is 26.4 Å². The third kappa shape index (κ3) is 5.70. The van der Waals surface area contributed by atoms with Crippen molar-refractivity contribution in [1.29, 1.82) is 5.41 Å². The Balaban J connectivity index is 0.00000512. The highest BCUT2D eigenvalue weighted by Crippen LogP contribution is 2.37. The fourth-order valence-corrected chi connectivity index (χ4v) is 3.46. The van der Waals surface area contributed by atoms with Gasteiger partial charge in [-0.2, -0.15) is 0 Å². The van der Waals surface area contributed by atoms with Crippen LogP contribution in [0.3, 0.4) is 0 Å². The maximum Gasteiger partial charge on any atom is 0.333 e. The van der Waals surface area contributed by atoms with Crippen molar-refractivity contribution < 1.29 is 19.1 Å². The first-order valence-electron chi connectivity index (χ1n) is 10.0. The number of ether oxygens (including phenoxy) is 2. The second-order valence-corrected chi connectivity index (χ2v) is 7.43. The van der Waals surface area contributed by atoms with E-state index in [1.807, 2.05) is 13.8 Å². The maximum atomic E-state index is 12.9. The van der Waals surface area contributed by atoms with Crippen molar-refractivity contribution in [3.8, 4) is 5.75 Å². The molecule has 0 fully saturated rings. The molecule has 1 unspecified atom stereocenters. The van der Waals surface area contributed by atoms with E-state index in [2.05, 4.69) is 5.32 Å². The number of benzene rings is 2. The zero-order valence-electron chi connectivity index (χ0n) is 18.9. The van der Waals surface area contributed by atoms with Gasteiger partial charge >= 0.3 is 5.97 Å². The highest BCUT2D eigenvalue weighted by atomic mass is 35.5. The Kier molecular flexibility index (Phi) is 9.53. The number of anilines is 1. The summed E-state index contributed by atoms with van der Waals surface area (Å²) in [6, 6.07) is 7.80. The number of esters is 1. The lowest BCUT2D eigenvalue weighted by Crippen LogP contribution is -2.26. The lowest BCUT2D eigenvalue weighted by molar-refractivity contribution is -0.144. The van der Waals surface area contributed by atoms with Gasteiger partial charge < -0.3 is 26.3 Å². The van der Waals surface area contributed by atoms with Crippen LogP contribution in [0, 0.1) is 12.3 Å². The zero-order chi connectivity index (χ0) is 23.3. The Labute approximate surface area is 194 Å². The van der Waals surface area contributed by atoms with E-state index >= 15 is 0 Å². The number of nitrogen functional groups attached to an aromatic ring is 1. The topological polar surface area (TPSA) is 141 Å². The number of halogens is 1. The van der Waals surface area contributed by atoms with Crippen LogP contribution in [0.15, 0.2) is 30.3 Å². The van der Waals surface area contributed by atoms with Crippen LogP contribution in [0.25, 0.3) is 0 Å². The molecule has 2 rings (SSSR count). The molecule has 2 aromatic carbocycles. The summed E-state index contributed by atoms with van der Waals surface area (Å²) in [6.07, 6.45) is 0. The number of primary amides is 1. The molecule has 6 N–H and O–H groups in total. The third-order valence-electron chi connectivity index (χ3n) is 5.01. The number of rotatable bonds is 9. The molecule has 0 spiro atoms. The van der Waals surface area contributed by atoms with Crippen molar-refractivity contribution in [3.63, 3.8) is 0 Å². The van der Waals surface area contributed by atoms with E-state index in [9.17, 15) is 9.59 Å². The molecule has 0 saturated heterocycles. The number of nitrogens with two attached hydrogens (primary N) is 2. The molecule has 0 aliphatic carbocycles. The van der Waals surface area contributed by atoms with Crippen LogP contribution >= 0.6 is 12.4 Å². The van der Waals surface area contributed by atoms with Gasteiger partial charge in [-0.25, -0.2) is 4.79 Å². The quantitative estimate of drug-likeness (QED) is 0.254. The number of amidine groups is 1. The fourth-order valence-electron chi connectivity index (χ4n) is 3.46. The molecule has 0 bridgehead atoms. The predicted octanol–water partition coefficient (Wildman–Crippen LogP) is 3.65. The lowest BCUT2D eigenvalue weighted by Gasteiger charge is -2.25. The molecule has 1 atom stereocenters. The van der Waals surface area contributed by atoms with Crippen LogP contribution < -0.4 is 21.5 Å². The van der Waals surface area contributed by atoms with Gasteiger partial charge in [0.15, 0.2) is 6.04 Å². The summed E-state index contributed by atoms with van der Waals surface area (Å²) >= 11 is 0. The Morgan fingerprint density at radius 1 is 1.12 bits per heavy atom. The minimum absolute atomic E-state index is 0. The van der Waals surface area contributed by atoms with Gasteiger partial charge in [0.25, 0.3) is 5.91 Å². The van der Waals surface area contributed by atoms with Crippen LogP contribution in [0.5, 0.6) is 5.75 Å². The number of hydrogen-bond donors (Lipinski definition) is 4. The van der Waals surface area contributed by atoms with Crippen LogP contribution in [-0.2, 0) is 9.53 Å². The summed E-state index contributed by atoms with van der Waals surface area (Å²) in [6.45, 7) is 7.60. The largest absolute Gasteiger partial charge is 0.496 e. The average molecular weight is 463 g/mol. The van der Waals surface area contributed by atoms with Gasteiger partial charge in [0.2, 0.25) is 0 Å². The van der Waals surface area contributed by atoms with Crippen molar-refractivity contribution in [2.45, 2.75) is 39.7 Å². The van der Waals surface area contributed by atoms with E-state index in [0.717, 1.165) is 0 Å². The van der Waals surface area contributed by atoms with Crippen LogP contribution in [-0.4, -0.2) is 31.4 Å². The van der Waals surface area contributed by atoms with Gasteiger partial charge in [-0.1, -0.05) is 19.9 Å². The Bertz CT molecular complexity index is 990. The van der Waals surface area contributed by atoms with E-state index < -0.39 is 17.9 Å². The standard InChI is InChI=1S/C23H30N4O4.ClH/c1-6-31-23(29)19(27-15-9-7-14(8-10-15)21(24)25)17-11-16(12(2)3)18(22(26)28)20(30-5)13(17)4;/h7-12,19,27H,6H2,1-5H3,(H3,24,25)(H2,26,28);1H. The Morgan fingerprint density at radius 2 is 1.72 bits per heavy atom. The van der Waals surface area contributed by atoms with E-state index in [1.165, 1.54) is 7.11 Å². The molecule has 174 valence electrons. The molecule has 2 aromatic rings. The van der Waals surface area contributed by atoms with Crippen LogP contribution in [0.2, 0.25) is 0 Å². The van der Waals surface area contributed by atoms with Gasteiger partial charge in [0.05, 0.1) is 19.3 Å². The number of hydrogen-bond acceptors (Lipinski definition) is 6. The number of amides is 1. The molecule has 0 aliphatic rings. The Morgan fingerprint density at radius 3 is 2.16 bits per heavy atom. The molecule has 32 heavy (non-hydrogen) atoms. The minimum atomic E-state index is -0.851. The van der Waals surface area contributed by atoms with Crippen LogP contribution in [0.1, 0.15) is 65.3 Å². The fraction of sp³-hybridized carbons (Fsp3) is 0.348. The van der Waals surface area contributed by atoms with Gasteiger partial charge in [-0.15, -0.1) is 12.4 Å². The average Bonchev–Trinajstić information content (AvgIpc) is 2.72. The summed E-state index contributed by atoms with van der Waals surface area (Å²) in [7, 11) is 1.47. The molecule has 0 aromatic heterocycles. The normalized spacial score (nSPS) is 11.3. The van der Waals surface area contributed by atoms with E-state index in [1.54, 1.807) is 44.2 Å². The summed E-state index contributed by atoms with van der Waals surface area (Å²) in [5.74, 6) is -0.789. The van der Waals surface area contributed by atoms with Crippen molar-refractivity contribution in [3.05, 3.63) is 58.1 Å². The number of nitrogens with one attached hydrogen (secondary N) is 2. The second-order valence-electron chi connectivity index (χ2n) is 7.43. The highest BCUT2D eigenvalue weighted by molar-refractivity contribution is 5.98. The summed E-state index contributed by atoms with van der Waals surface area (Å²) in [5, 5.41) is 10.7. The smallest absolute Gasteiger partial charge is 0.333 e. The minimum Gasteiger partial charge on any atom is -0.496 e. The molecule has 8 nitrogen and oxygen atoms in total. The molecule has 0 aliphatic heterocycles. The molecule has 9 heteroatoms. The molecule has 0 saturated carbocycles. The predicted molar refractivity (Wildman–Crippen MR) is 128 cm³/mol. The summed E-state index contributed by atoms with van der Waals surface area (Å²) in [5.41, 5.74) is 14.6. The van der Waals surface area contributed by atoms with E-state index in [-0.39, 0.29) is 30.8 Å². The van der Waals surface area contributed by atoms with Crippen molar-refractivity contribution in [2.24, 2.45) is 11.5 Å². The summed E-state index contributed by atoms with van der Waals surface area (Å²) in [4.78, 5) is 25.1. The summed E-state index contributed by atoms with van der Waals surface area (Å²) < 4.78 is 10.8. The lowest BCUT2D eigenvalue weighted by atomic mass is 9.88. The van der Waals surface area contributed by atoms with Gasteiger partial charge in [0, 0.05) is 11.3 Å². The molecule has 0 heterocycles. The molecule has 1 amide bonds. The first-order valence-corrected chi connectivity index (χ1v) is 10.0. The second kappa shape index (κ2) is 11.4. The number of carbonyl (C=O) groups excluding carboxylic acids is 2. The monoisotopic (exact) mass is 462 g/mol. The molecular formula is C23H31ClN4O4. The number of carbonyl (C=O) groups is 2. The number of methoxy groups -OCH3 is 1. The van der Waals surface area contributed by atoms with Crippen molar-refractivity contribution >= 4 is 35.8 Å². The zero-order valence-corrected chi connectivity index (χ0v) is 19.8. The van der Waals surface area contributed by atoms with Gasteiger partial charge in [-0.3, -0.25) is 10.2 Å². The highest BCUT2D eigenvalue weighted by Gasteiger charge is 2.29. The molecule has 0 radical (unpaired) electrons. The SMILES string of the molecule is CCOC(=O)C(Nc1ccc(C(=N)N)cc1)c1cc(C(C)C)c(C(N)=O)c(OC)c1C.Cl. The molecular weight excluding hydrogens is 432 g/mol. The van der Waals surface area contributed by atoms with Crippen molar-refractivity contribution in [1.82, 2.24) is 0 Å². The van der Waals surface area contributed by atoms with Gasteiger partial charge in [-0.05, 0) is 60.7 Å².